The van der Waals surface area contributed by atoms with Crippen molar-refractivity contribution in [3.05, 3.63) is 70.3 Å². The molecule has 0 saturated carbocycles. The summed E-state index contributed by atoms with van der Waals surface area (Å²) in [7, 11) is 0. The van der Waals surface area contributed by atoms with Gasteiger partial charge in [-0.2, -0.15) is 0 Å². The second-order valence-electron chi connectivity index (χ2n) is 5.85. The Morgan fingerprint density at radius 3 is 2.55 bits per heavy atom. The van der Waals surface area contributed by atoms with Gasteiger partial charge in [0.25, 0.3) is 5.91 Å². The van der Waals surface area contributed by atoms with Gasteiger partial charge in [0.15, 0.2) is 6.61 Å². The van der Waals surface area contributed by atoms with Crippen molar-refractivity contribution < 1.29 is 23.5 Å². The normalized spacial score (nSPS) is 10.4. The minimum atomic E-state index is -0.574. The number of carbonyl (C=O) groups excluding carboxylic acids is 2. The quantitative estimate of drug-likeness (QED) is 0.506. The number of anilines is 1. The van der Waals surface area contributed by atoms with Crippen LogP contribution in [-0.2, 0) is 9.53 Å². The van der Waals surface area contributed by atoms with Crippen molar-refractivity contribution in [2.24, 2.45) is 0 Å². The van der Waals surface area contributed by atoms with E-state index in [1.54, 1.807) is 48.7 Å². The van der Waals surface area contributed by atoms with Crippen molar-refractivity contribution >= 4 is 39.8 Å². The highest BCUT2D eigenvalue weighted by molar-refractivity contribution is 7.15. The number of rotatable bonds is 7. The number of carbonyl (C=O) groups is 2. The number of benzene rings is 2. The topological polar surface area (TPSA) is 64.6 Å². The summed E-state index contributed by atoms with van der Waals surface area (Å²) in [6, 6.07) is 12.5. The fourth-order valence-electron chi connectivity index (χ4n) is 2.57. The van der Waals surface area contributed by atoms with Crippen LogP contribution in [0.4, 0.5) is 9.39 Å². The van der Waals surface area contributed by atoms with E-state index in [1.807, 2.05) is 0 Å². The highest BCUT2D eigenvalue weighted by Gasteiger charge is 2.23. The summed E-state index contributed by atoms with van der Waals surface area (Å²) in [6.07, 6.45) is 0. The fourth-order valence-corrected chi connectivity index (χ4v) is 3.73. The fraction of sp³-hybridized carbons (Fsp3) is 0.143. The first-order chi connectivity index (χ1) is 14.0. The molecule has 8 heteroatoms. The highest BCUT2D eigenvalue weighted by Crippen LogP contribution is 2.36. The van der Waals surface area contributed by atoms with Crippen molar-refractivity contribution in [3.63, 3.8) is 0 Å². The minimum Gasteiger partial charge on any atom is -0.482 e. The smallest absolute Gasteiger partial charge is 0.341 e. The van der Waals surface area contributed by atoms with Crippen LogP contribution in [0.2, 0.25) is 5.02 Å². The van der Waals surface area contributed by atoms with E-state index in [-0.39, 0.29) is 24.6 Å². The molecule has 0 unspecified atom stereocenters. The van der Waals surface area contributed by atoms with Crippen LogP contribution in [0.3, 0.4) is 0 Å². The Morgan fingerprint density at radius 2 is 1.86 bits per heavy atom. The van der Waals surface area contributed by atoms with Crippen LogP contribution in [0.5, 0.6) is 5.75 Å². The predicted octanol–water partition coefficient (Wildman–Crippen LogP) is 5.40. The maximum Gasteiger partial charge on any atom is 0.341 e. The number of nitrogens with one attached hydrogen (secondary N) is 1. The van der Waals surface area contributed by atoms with Gasteiger partial charge in [-0.05, 0) is 36.8 Å². The summed E-state index contributed by atoms with van der Waals surface area (Å²) in [5.41, 5.74) is 1.41. The molecule has 1 heterocycles. The summed E-state index contributed by atoms with van der Waals surface area (Å²) in [4.78, 5) is 24.8. The third-order valence-corrected chi connectivity index (χ3v) is 5.08. The van der Waals surface area contributed by atoms with E-state index in [4.69, 9.17) is 21.1 Å². The Bertz CT molecular complexity index is 1020. The number of amides is 1. The average molecular weight is 434 g/mol. The lowest BCUT2D eigenvalue weighted by Crippen LogP contribution is -2.21. The van der Waals surface area contributed by atoms with Gasteiger partial charge in [-0.3, -0.25) is 4.79 Å². The average Bonchev–Trinajstić information content (AvgIpc) is 3.11. The molecule has 0 saturated heterocycles. The largest absolute Gasteiger partial charge is 0.482 e. The molecule has 2 aromatic carbocycles. The molecule has 1 N–H and O–H groups in total. The standard InChI is InChI=1S/C21H17ClFNO4S/c1-2-27-21(26)19-15(13-7-9-14(23)10-8-13)12-29-20(19)24-18(25)11-28-17-6-4-3-5-16(17)22/h3-10,12H,2,11H2,1H3,(H,24,25). The van der Waals surface area contributed by atoms with Crippen molar-refractivity contribution in [2.45, 2.75) is 6.92 Å². The molecule has 0 radical (unpaired) electrons. The van der Waals surface area contributed by atoms with E-state index < -0.39 is 11.9 Å². The summed E-state index contributed by atoms with van der Waals surface area (Å²) in [5.74, 6) is -1.03. The van der Waals surface area contributed by atoms with Gasteiger partial charge in [-0.15, -0.1) is 11.3 Å². The third-order valence-electron chi connectivity index (χ3n) is 3.87. The van der Waals surface area contributed by atoms with Gasteiger partial charge in [0.05, 0.1) is 11.6 Å². The molecule has 0 aliphatic carbocycles. The van der Waals surface area contributed by atoms with E-state index in [0.717, 1.165) is 0 Å². The molecule has 1 aromatic heterocycles. The molecule has 1 amide bonds. The molecule has 0 atom stereocenters. The molecule has 0 fully saturated rings. The van der Waals surface area contributed by atoms with Gasteiger partial charge >= 0.3 is 5.97 Å². The lowest BCUT2D eigenvalue weighted by atomic mass is 10.0. The number of hydrogen-bond donors (Lipinski definition) is 1. The summed E-state index contributed by atoms with van der Waals surface area (Å²) < 4.78 is 23.8. The van der Waals surface area contributed by atoms with Crippen molar-refractivity contribution in [1.29, 1.82) is 0 Å². The van der Waals surface area contributed by atoms with Gasteiger partial charge in [0.2, 0.25) is 0 Å². The molecule has 29 heavy (non-hydrogen) atoms. The van der Waals surface area contributed by atoms with Crippen LogP contribution in [0.15, 0.2) is 53.9 Å². The highest BCUT2D eigenvalue weighted by atomic mass is 35.5. The Labute approximate surface area is 176 Å². The number of thiophene rings is 1. The lowest BCUT2D eigenvalue weighted by molar-refractivity contribution is -0.118. The second kappa shape index (κ2) is 9.54. The summed E-state index contributed by atoms with van der Waals surface area (Å²) in [5, 5.41) is 5.11. The molecule has 0 spiro atoms. The van der Waals surface area contributed by atoms with Crippen LogP contribution in [0.25, 0.3) is 11.1 Å². The van der Waals surface area contributed by atoms with Crippen LogP contribution in [0, 0.1) is 5.82 Å². The number of para-hydroxylation sites is 1. The van der Waals surface area contributed by atoms with E-state index in [9.17, 15) is 14.0 Å². The van der Waals surface area contributed by atoms with Gasteiger partial charge in [-0.1, -0.05) is 35.9 Å². The number of halogens is 2. The van der Waals surface area contributed by atoms with Crippen LogP contribution in [0.1, 0.15) is 17.3 Å². The Balaban J connectivity index is 1.81. The summed E-state index contributed by atoms with van der Waals surface area (Å²) >= 11 is 7.18. The molecule has 0 aliphatic heterocycles. The molecule has 150 valence electrons. The van der Waals surface area contributed by atoms with Crippen molar-refractivity contribution in [3.8, 4) is 16.9 Å². The zero-order valence-electron chi connectivity index (χ0n) is 15.4. The van der Waals surface area contributed by atoms with Gasteiger partial charge < -0.3 is 14.8 Å². The van der Waals surface area contributed by atoms with Crippen LogP contribution < -0.4 is 10.1 Å². The Kier molecular flexibility index (Phi) is 6.85. The van der Waals surface area contributed by atoms with Crippen molar-refractivity contribution in [2.75, 3.05) is 18.5 Å². The van der Waals surface area contributed by atoms with Crippen molar-refractivity contribution in [1.82, 2.24) is 0 Å². The van der Waals surface area contributed by atoms with Crippen LogP contribution >= 0.6 is 22.9 Å². The number of esters is 1. The zero-order chi connectivity index (χ0) is 20.8. The molecule has 3 aromatic rings. The van der Waals surface area contributed by atoms with Crippen LogP contribution in [-0.4, -0.2) is 25.1 Å². The van der Waals surface area contributed by atoms with E-state index >= 15 is 0 Å². The molecular weight excluding hydrogens is 417 g/mol. The Morgan fingerprint density at radius 1 is 1.14 bits per heavy atom. The number of hydrogen-bond acceptors (Lipinski definition) is 5. The molecule has 3 rings (SSSR count). The van der Waals surface area contributed by atoms with E-state index in [1.165, 1.54) is 23.5 Å². The molecule has 0 aliphatic rings. The van der Waals surface area contributed by atoms with E-state index in [0.29, 0.717) is 26.9 Å². The first-order valence-corrected chi connectivity index (χ1v) is 9.97. The maximum absolute atomic E-state index is 13.2. The third kappa shape index (κ3) is 5.13. The van der Waals surface area contributed by atoms with Gasteiger partial charge in [-0.25, -0.2) is 9.18 Å². The molecule has 5 nitrogen and oxygen atoms in total. The van der Waals surface area contributed by atoms with Gasteiger partial charge in [0, 0.05) is 10.9 Å². The molecular formula is C21H17ClFNO4S. The molecule has 0 bridgehead atoms. The summed E-state index contributed by atoms with van der Waals surface area (Å²) in [6.45, 7) is 1.59. The first kappa shape index (κ1) is 20.8. The Hall–Kier alpha value is -2.90. The van der Waals surface area contributed by atoms with E-state index in [2.05, 4.69) is 5.32 Å². The zero-order valence-corrected chi connectivity index (χ0v) is 17.0. The number of ether oxygens (including phenoxy) is 2. The predicted molar refractivity (Wildman–Crippen MR) is 111 cm³/mol. The van der Waals surface area contributed by atoms with Gasteiger partial charge in [0.1, 0.15) is 22.1 Å². The second-order valence-corrected chi connectivity index (χ2v) is 7.13. The maximum atomic E-state index is 13.2. The SMILES string of the molecule is CCOC(=O)c1c(-c2ccc(F)cc2)csc1NC(=O)COc1ccccc1Cl. The monoisotopic (exact) mass is 433 g/mol. The minimum absolute atomic E-state index is 0.181. The lowest BCUT2D eigenvalue weighted by Gasteiger charge is -2.10. The first-order valence-electron chi connectivity index (χ1n) is 8.71.